The van der Waals surface area contributed by atoms with Gasteiger partial charge in [0.25, 0.3) is 0 Å². The molecule has 4 atom stereocenters. The van der Waals surface area contributed by atoms with Crippen molar-refractivity contribution in [2.24, 2.45) is 0 Å². The molecule has 0 aromatic heterocycles. The van der Waals surface area contributed by atoms with Gasteiger partial charge in [0.2, 0.25) is 6.10 Å². The summed E-state index contributed by atoms with van der Waals surface area (Å²) in [5.74, 6) is -2.24. The largest absolute Gasteiger partial charge is 0.698 e. The minimum Gasteiger partial charge on any atom is -0.456 e. The Labute approximate surface area is 264 Å². The van der Waals surface area contributed by atoms with Gasteiger partial charge in [-0.1, -0.05) is 61.9 Å². The zero-order chi connectivity index (χ0) is 32.3. The van der Waals surface area contributed by atoms with Crippen LogP contribution >= 0.6 is 8.25 Å². The Morgan fingerprint density at radius 1 is 0.978 bits per heavy atom. The zero-order valence-corrected chi connectivity index (χ0v) is 26.4. The van der Waals surface area contributed by atoms with Crippen molar-refractivity contribution in [3.63, 3.8) is 0 Å². The van der Waals surface area contributed by atoms with Gasteiger partial charge in [-0.25, -0.2) is 19.2 Å². The Hall–Kier alpha value is -3.70. The van der Waals surface area contributed by atoms with E-state index in [-0.39, 0.29) is 26.2 Å². The molecule has 1 heterocycles. The summed E-state index contributed by atoms with van der Waals surface area (Å²) in [5, 5.41) is 5.60. The van der Waals surface area contributed by atoms with E-state index in [2.05, 4.69) is 10.6 Å². The molecule has 244 valence electrons. The van der Waals surface area contributed by atoms with Crippen LogP contribution in [0.2, 0.25) is 0 Å². The Balaban J connectivity index is 1.49. The topological polar surface area (TPSA) is 156 Å². The van der Waals surface area contributed by atoms with Crippen molar-refractivity contribution in [3.8, 4) is 0 Å². The molecule has 1 aliphatic heterocycles. The Morgan fingerprint density at radius 2 is 1.71 bits per heavy atom. The molecule has 1 saturated heterocycles. The highest BCUT2D eigenvalue weighted by Crippen LogP contribution is 2.30. The summed E-state index contributed by atoms with van der Waals surface area (Å²) in [5.41, 5.74) is 1.23. The molecule has 0 spiro atoms. The molecule has 13 heteroatoms. The molecule has 2 aromatic rings. The minimum atomic E-state index is -2.84. The number of ether oxygens (including phenoxy) is 3. The number of alkyl carbamates (subject to hydrolysis) is 1. The summed E-state index contributed by atoms with van der Waals surface area (Å²) in [6.45, 7) is 2.81. The van der Waals surface area contributed by atoms with Crippen LogP contribution in [0.4, 0.5) is 4.79 Å². The average molecular weight is 646 g/mol. The van der Waals surface area contributed by atoms with Gasteiger partial charge >= 0.3 is 32.3 Å². The van der Waals surface area contributed by atoms with Crippen molar-refractivity contribution < 1.29 is 47.0 Å². The van der Waals surface area contributed by atoms with Crippen LogP contribution in [-0.2, 0) is 44.0 Å². The maximum Gasteiger partial charge on any atom is 0.698 e. The molecule has 1 aliphatic rings. The van der Waals surface area contributed by atoms with Gasteiger partial charge in [0.15, 0.2) is 0 Å². The molecule has 45 heavy (non-hydrogen) atoms. The molecule has 3 unspecified atom stereocenters. The lowest BCUT2D eigenvalue weighted by molar-refractivity contribution is -0.166. The number of hydrogen-bond donors (Lipinski definition) is 2. The fraction of sp³-hybridized carbons (Fsp3) is 0.500. The van der Waals surface area contributed by atoms with Crippen molar-refractivity contribution in [3.05, 3.63) is 71.8 Å². The Morgan fingerprint density at radius 3 is 2.40 bits per heavy atom. The van der Waals surface area contributed by atoms with E-state index >= 15 is 0 Å². The number of carbonyl (C=O) groups excluding carboxylic acids is 4. The number of unbranched alkanes of at least 4 members (excludes halogenated alkanes) is 2. The van der Waals surface area contributed by atoms with Gasteiger partial charge in [0.05, 0.1) is 5.56 Å². The molecule has 12 nitrogen and oxygen atoms in total. The molecular formula is C32H42N2O10P+. The maximum atomic E-state index is 12.9. The van der Waals surface area contributed by atoms with Crippen LogP contribution in [-0.4, -0.2) is 61.9 Å². The molecule has 1 fully saturated rings. The summed E-state index contributed by atoms with van der Waals surface area (Å²) in [6.07, 6.45) is 1.63. The van der Waals surface area contributed by atoms with E-state index in [1.165, 1.54) is 0 Å². The third-order valence-electron chi connectivity index (χ3n) is 6.93. The van der Waals surface area contributed by atoms with Crippen molar-refractivity contribution >= 4 is 32.3 Å². The first-order chi connectivity index (χ1) is 21.9. The first-order valence-corrected chi connectivity index (χ1v) is 16.4. The number of rotatable bonds is 19. The Bertz CT molecular complexity index is 1220. The summed E-state index contributed by atoms with van der Waals surface area (Å²) < 4.78 is 39.4. The van der Waals surface area contributed by atoms with Crippen LogP contribution in [0.5, 0.6) is 0 Å². The van der Waals surface area contributed by atoms with E-state index in [1.54, 1.807) is 30.3 Å². The standard InChI is InChI=1S/C32H41N2O10P/c1-2-3-17-26(42-29(35)25-15-8-5-9-16-25)23-41-45(39)44-28(31(37)43-30(36)27-18-12-21-33-27)19-10-11-20-34-32(38)40-22-24-13-6-4-7-14-24/h4-9,13-16,26-28,33H,2-3,10-12,17-23H2,1H3/p+1/t26?,27-,28?/m0/s1. The van der Waals surface area contributed by atoms with Gasteiger partial charge < -0.3 is 24.8 Å². The van der Waals surface area contributed by atoms with E-state index in [0.29, 0.717) is 37.8 Å². The number of carbonyl (C=O) groups is 4. The number of nitrogens with one attached hydrogen (secondary N) is 2. The van der Waals surface area contributed by atoms with Crippen LogP contribution in [0.25, 0.3) is 0 Å². The third-order valence-corrected chi connectivity index (χ3v) is 7.71. The van der Waals surface area contributed by atoms with Crippen molar-refractivity contribution in [2.75, 3.05) is 19.7 Å². The van der Waals surface area contributed by atoms with Crippen LogP contribution < -0.4 is 10.6 Å². The monoisotopic (exact) mass is 645 g/mol. The zero-order valence-electron chi connectivity index (χ0n) is 25.5. The quantitative estimate of drug-likeness (QED) is 0.0665. The van der Waals surface area contributed by atoms with Crippen LogP contribution in [0.3, 0.4) is 0 Å². The van der Waals surface area contributed by atoms with E-state index in [4.69, 9.17) is 23.3 Å². The predicted octanol–water partition coefficient (Wildman–Crippen LogP) is 5.38. The molecule has 3 rings (SSSR count). The van der Waals surface area contributed by atoms with Gasteiger partial charge in [-0.05, 0) is 69.2 Å². The third kappa shape index (κ3) is 13.9. The molecule has 0 saturated carbocycles. The van der Waals surface area contributed by atoms with Gasteiger partial charge in [0.1, 0.15) is 25.4 Å². The second kappa shape index (κ2) is 20.4. The lowest BCUT2D eigenvalue weighted by Crippen LogP contribution is -2.37. The fourth-order valence-corrected chi connectivity index (χ4v) is 5.18. The van der Waals surface area contributed by atoms with E-state index in [1.807, 2.05) is 37.3 Å². The lowest BCUT2D eigenvalue weighted by Gasteiger charge is -2.15. The fourth-order valence-electron chi connectivity index (χ4n) is 4.43. The summed E-state index contributed by atoms with van der Waals surface area (Å²) >= 11 is 0. The predicted molar refractivity (Wildman–Crippen MR) is 164 cm³/mol. The first-order valence-electron chi connectivity index (χ1n) is 15.3. The highest BCUT2D eigenvalue weighted by Gasteiger charge is 2.37. The highest BCUT2D eigenvalue weighted by atomic mass is 31.1. The molecule has 0 bridgehead atoms. The summed E-state index contributed by atoms with van der Waals surface area (Å²) in [6, 6.07) is 17.2. The van der Waals surface area contributed by atoms with Crippen LogP contribution in [0.15, 0.2) is 60.7 Å². The van der Waals surface area contributed by atoms with Crippen molar-refractivity contribution in [2.45, 2.75) is 83.1 Å². The smallest absolute Gasteiger partial charge is 0.456 e. The van der Waals surface area contributed by atoms with Gasteiger partial charge in [0, 0.05) is 11.1 Å². The summed E-state index contributed by atoms with van der Waals surface area (Å²) in [4.78, 5) is 49.8. The van der Waals surface area contributed by atoms with Gasteiger partial charge in [-0.15, -0.1) is 9.05 Å². The van der Waals surface area contributed by atoms with E-state index < -0.39 is 50.5 Å². The molecule has 1 amide bonds. The Kier molecular flexibility index (Phi) is 16.2. The first kappa shape index (κ1) is 35.8. The molecule has 0 aliphatic carbocycles. The summed E-state index contributed by atoms with van der Waals surface area (Å²) in [7, 11) is -2.84. The van der Waals surface area contributed by atoms with E-state index in [9.17, 15) is 23.7 Å². The molecule has 2 N–H and O–H groups in total. The van der Waals surface area contributed by atoms with Crippen LogP contribution in [0.1, 0.15) is 74.2 Å². The highest BCUT2D eigenvalue weighted by molar-refractivity contribution is 7.33. The lowest BCUT2D eigenvalue weighted by atomic mass is 10.1. The number of hydrogen-bond acceptors (Lipinski definition) is 11. The minimum absolute atomic E-state index is 0.0532. The SMILES string of the molecule is CCCCC(CO[P+](=O)OC(CCCCNC(=O)OCc1ccccc1)C(=O)OC(=O)[C@@H]1CCCN1)OC(=O)c1ccccc1. The second-order valence-corrected chi connectivity index (χ2v) is 11.4. The maximum absolute atomic E-state index is 12.9. The molecular weight excluding hydrogens is 603 g/mol. The van der Waals surface area contributed by atoms with Crippen LogP contribution in [0, 0.1) is 0 Å². The number of esters is 3. The second-order valence-electron chi connectivity index (χ2n) is 10.5. The van der Waals surface area contributed by atoms with E-state index in [0.717, 1.165) is 24.8 Å². The normalized spacial score (nSPS) is 15.8. The molecule has 0 radical (unpaired) electrons. The van der Waals surface area contributed by atoms with Crippen molar-refractivity contribution in [1.82, 2.24) is 10.6 Å². The number of amides is 1. The number of benzene rings is 2. The van der Waals surface area contributed by atoms with Gasteiger partial charge in [-0.2, -0.15) is 0 Å². The average Bonchev–Trinajstić information content (AvgIpc) is 3.61. The molecule has 2 aromatic carbocycles. The van der Waals surface area contributed by atoms with Gasteiger partial charge in [-0.3, -0.25) is 0 Å². The van der Waals surface area contributed by atoms with Crippen molar-refractivity contribution in [1.29, 1.82) is 0 Å².